The molecular weight excluding hydrogens is 512 g/mol. The Morgan fingerprint density at radius 2 is 2.00 bits per heavy atom. The van der Waals surface area contributed by atoms with Crippen LogP contribution >= 0.6 is 11.6 Å². The van der Waals surface area contributed by atoms with Crippen LogP contribution in [0, 0.1) is 5.92 Å². The minimum Gasteiger partial charge on any atom is -0.379 e. The Hall–Kier alpha value is -3.91. The molecule has 3 aromatic heterocycles. The van der Waals surface area contributed by atoms with E-state index in [9.17, 15) is 9.59 Å². The molecule has 4 aromatic rings. The van der Waals surface area contributed by atoms with Gasteiger partial charge in [-0.3, -0.25) is 9.59 Å². The Balaban J connectivity index is 1.04. The molecule has 1 saturated heterocycles. The van der Waals surface area contributed by atoms with Crippen LogP contribution in [0.2, 0.25) is 5.02 Å². The van der Waals surface area contributed by atoms with Gasteiger partial charge in [0.15, 0.2) is 5.65 Å². The highest BCUT2D eigenvalue weighted by Gasteiger charge is 2.44. The monoisotopic (exact) mass is 540 g/mol. The van der Waals surface area contributed by atoms with Crippen LogP contribution in [0.1, 0.15) is 60.8 Å². The molecule has 198 valence electrons. The molecule has 1 aliphatic heterocycles. The van der Waals surface area contributed by atoms with Gasteiger partial charge in [0.25, 0.3) is 0 Å². The summed E-state index contributed by atoms with van der Waals surface area (Å²) < 4.78 is 2.07. The van der Waals surface area contributed by atoms with Gasteiger partial charge < -0.3 is 19.9 Å². The molecule has 9 heteroatoms. The molecule has 0 bridgehead atoms. The molecule has 4 heterocycles. The lowest BCUT2D eigenvalue weighted by atomic mass is 10.1. The van der Waals surface area contributed by atoms with Gasteiger partial charge in [0, 0.05) is 54.3 Å². The van der Waals surface area contributed by atoms with Crippen LogP contribution in [0.3, 0.4) is 0 Å². The molecule has 0 unspecified atom stereocenters. The second-order valence-corrected chi connectivity index (χ2v) is 11.3. The van der Waals surface area contributed by atoms with E-state index in [2.05, 4.69) is 32.3 Å². The number of rotatable bonds is 8. The van der Waals surface area contributed by atoms with Crippen LogP contribution in [0.15, 0.2) is 61.1 Å². The van der Waals surface area contributed by atoms with E-state index in [1.54, 1.807) is 6.20 Å². The van der Waals surface area contributed by atoms with Crippen LogP contribution in [-0.4, -0.2) is 32.7 Å². The average molecular weight is 541 g/mol. The topological polar surface area (TPSA) is 91.6 Å². The van der Waals surface area contributed by atoms with Crippen LogP contribution < -0.4 is 15.5 Å². The Morgan fingerprint density at radius 3 is 2.79 bits per heavy atom. The van der Waals surface area contributed by atoms with Crippen LogP contribution in [0.25, 0.3) is 5.65 Å². The summed E-state index contributed by atoms with van der Waals surface area (Å²) in [6.07, 6.45) is 10.6. The molecule has 2 atom stereocenters. The van der Waals surface area contributed by atoms with E-state index in [-0.39, 0.29) is 23.7 Å². The van der Waals surface area contributed by atoms with E-state index >= 15 is 0 Å². The number of pyridine rings is 2. The Kier molecular flexibility index (Phi) is 6.00. The fourth-order valence-corrected chi connectivity index (χ4v) is 5.79. The first-order valence-electron chi connectivity index (χ1n) is 13.6. The average Bonchev–Trinajstić information content (AvgIpc) is 3.85. The van der Waals surface area contributed by atoms with E-state index in [0.717, 1.165) is 47.7 Å². The third-order valence-corrected chi connectivity index (χ3v) is 8.14. The number of hydrogen-bond acceptors (Lipinski definition) is 5. The van der Waals surface area contributed by atoms with Gasteiger partial charge in [0.1, 0.15) is 5.82 Å². The Morgan fingerprint density at radius 1 is 1.10 bits per heavy atom. The van der Waals surface area contributed by atoms with E-state index in [4.69, 9.17) is 16.6 Å². The van der Waals surface area contributed by atoms with Crippen molar-refractivity contribution < 1.29 is 9.59 Å². The number of nitrogens with zero attached hydrogens (tertiary/aromatic N) is 4. The second-order valence-electron chi connectivity index (χ2n) is 10.8. The second kappa shape index (κ2) is 9.68. The Labute approximate surface area is 231 Å². The first kappa shape index (κ1) is 24.2. The summed E-state index contributed by atoms with van der Waals surface area (Å²) in [7, 11) is 0. The maximum Gasteiger partial charge on any atom is 0.229 e. The van der Waals surface area contributed by atoms with Crippen molar-refractivity contribution >= 4 is 46.3 Å². The molecule has 0 spiro atoms. The molecule has 3 fully saturated rings. The highest BCUT2D eigenvalue weighted by molar-refractivity contribution is 6.30. The number of carbonyl (C=O) groups excluding carboxylic acids is 2. The van der Waals surface area contributed by atoms with Gasteiger partial charge in [-0.05, 0) is 72.9 Å². The van der Waals surface area contributed by atoms with Gasteiger partial charge in [-0.1, -0.05) is 23.7 Å². The summed E-state index contributed by atoms with van der Waals surface area (Å²) in [5.74, 6) is 1.36. The third kappa shape index (κ3) is 4.96. The number of halogens is 1. The van der Waals surface area contributed by atoms with E-state index in [0.29, 0.717) is 29.7 Å². The van der Waals surface area contributed by atoms with Crippen molar-refractivity contribution in [2.45, 2.75) is 50.5 Å². The number of fused-ring (bicyclic) bond motifs is 1. The molecule has 8 nitrogen and oxygen atoms in total. The summed E-state index contributed by atoms with van der Waals surface area (Å²) in [6, 6.07) is 13.6. The van der Waals surface area contributed by atoms with E-state index in [1.807, 2.05) is 47.5 Å². The number of amides is 2. The highest BCUT2D eigenvalue weighted by Crippen LogP contribution is 2.48. The maximum absolute atomic E-state index is 12.8. The number of hydrogen-bond donors (Lipinski definition) is 2. The number of imidazole rings is 1. The van der Waals surface area contributed by atoms with Gasteiger partial charge in [-0.2, -0.15) is 0 Å². The fourth-order valence-electron chi connectivity index (χ4n) is 5.59. The third-order valence-electron chi connectivity index (χ3n) is 7.90. The zero-order valence-corrected chi connectivity index (χ0v) is 22.2. The molecule has 39 heavy (non-hydrogen) atoms. The molecule has 1 aromatic carbocycles. The zero-order chi connectivity index (χ0) is 26.5. The predicted molar refractivity (Wildman–Crippen MR) is 151 cm³/mol. The lowest BCUT2D eigenvalue weighted by molar-refractivity contribution is -0.118. The predicted octanol–water partition coefficient (Wildman–Crippen LogP) is 5.74. The molecule has 2 saturated carbocycles. The van der Waals surface area contributed by atoms with E-state index < -0.39 is 0 Å². The number of aromatic nitrogens is 3. The molecule has 0 radical (unpaired) electrons. The minimum absolute atomic E-state index is 0.0274. The Bertz CT molecular complexity index is 1600. The summed E-state index contributed by atoms with van der Waals surface area (Å²) in [4.78, 5) is 36.5. The first-order valence-corrected chi connectivity index (χ1v) is 14.0. The standard InChI is InChI=1S/C30H29ClN6O2/c31-21-4-1-3-19(11-21)24-14-25(24)30(39)35-27-13-22(8-9-32-27)33-15-23-17-36-16-20(18-6-7-18)12-26(29(36)34-23)37-10-2-5-28(37)38/h1,3-4,8-9,11-13,16-18,24-25H,2,5-7,10,14-15H2,(H2,32,33,35,39)/t24-,25+/m1/s1. The van der Waals surface area contributed by atoms with Crippen LogP contribution in [0.5, 0.6) is 0 Å². The number of nitrogens with one attached hydrogen (secondary N) is 2. The maximum atomic E-state index is 12.8. The smallest absolute Gasteiger partial charge is 0.229 e. The highest BCUT2D eigenvalue weighted by atomic mass is 35.5. The summed E-state index contributed by atoms with van der Waals surface area (Å²) in [5, 5.41) is 7.06. The van der Waals surface area contributed by atoms with Gasteiger partial charge >= 0.3 is 0 Å². The molecule has 2 amide bonds. The van der Waals surface area contributed by atoms with Crippen molar-refractivity contribution in [2.75, 3.05) is 22.1 Å². The van der Waals surface area contributed by atoms with Gasteiger partial charge in [-0.25, -0.2) is 9.97 Å². The molecule has 7 rings (SSSR count). The largest absolute Gasteiger partial charge is 0.379 e. The zero-order valence-electron chi connectivity index (χ0n) is 21.4. The van der Waals surface area contributed by atoms with Crippen molar-refractivity contribution in [1.29, 1.82) is 0 Å². The van der Waals surface area contributed by atoms with Crippen molar-refractivity contribution in [3.8, 4) is 0 Å². The lowest BCUT2D eigenvalue weighted by Crippen LogP contribution is -2.24. The number of carbonyl (C=O) groups is 2. The summed E-state index contributed by atoms with van der Waals surface area (Å²) in [5.41, 5.74) is 5.82. The quantitative estimate of drug-likeness (QED) is 0.297. The molecular formula is C30H29ClN6O2. The summed E-state index contributed by atoms with van der Waals surface area (Å²) >= 11 is 6.11. The molecule has 3 aliphatic rings. The first-order chi connectivity index (χ1) is 19.0. The molecule has 2 aliphatic carbocycles. The fraction of sp³-hybridized carbons (Fsp3) is 0.333. The van der Waals surface area contributed by atoms with Gasteiger partial charge in [0.05, 0.1) is 17.9 Å². The van der Waals surface area contributed by atoms with Crippen molar-refractivity contribution in [1.82, 2.24) is 14.4 Å². The number of anilines is 3. The lowest BCUT2D eigenvalue weighted by Gasteiger charge is -2.17. The van der Waals surface area contributed by atoms with Crippen LogP contribution in [0.4, 0.5) is 17.2 Å². The SMILES string of the molecule is O=C(Nc1cc(NCc2cn3cc(C4CC4)cc(N4CCCC4=O)c3n2)ccn1)[C@H]1C[C@@H]1c1cccc(Cl)c1. The van der Waals surface area contributed by atoms with Crippen LogP contribution in [-0.2, 0) is 16.1 Å². The van der Waals surface area contributed by atoms with Gasteiger partial charge in [0.2, 0.25) is 11.8 Å². The van der Waals surface area contributed by atoms with Crippen molar-refractivity contribution in [3.63, 3.8) is 0 Å². The summed E-state index contributed by atoms with van der Waals surface area (Å²) in [6.45, 7) is 1.25. The molecule has 2 N–H and O–H groups in total. The van der Waals surface area contributed by atoms with E-state index in [1.165, 1.54) is 18.4 Å². The number of benzene rings is 1. The van der Waals surface area contributed by atoms with Crippen molar-refractivity contribution in [2.24, 2.45) is 5.92 Å². The minimum atomic E-state index is -0.0722. The normalized spacial score (nSPS) is 20.4. The van der Waals surface area contributed by atoms with Gasteiger partial charge in [-0.15, -0.1) is 0 Å². The van der Waals surface area contributed by atoms with Crippen molar-refractivity contribution in [3.05, 3.63) is 82.9 Å².